The predicted molar refractivity (Wildman–Crippen MR) is 159 cm³/mol. The number of carboxylic acid groups (broad SMARTS) is 1. The van der Waals surface area contributed by atoms with Gasteiger partial charge in [-0.15, -0.1) is 0 Å². The highest BCUT2D eigenvalue weighted by atomic mass is 19.1. The lowest BCUT2D eigenvalue weighted by Gasteiger charge is -2.32. The van der Waals surface area contributed by atoms with Crippen molar-refractivity contribution < 1.29 is 33.1 Å². The molecule has 0 radical (unpaired) electrons. The molecule has 0 unspecified atom stereocenters. The van der Waals surface area contributed by atoms with Crippen LogP contribution in [0.3, 0.4) is 0 Å². The van der Waals surface area contributed by atoms with Crippen molar-refractivity contribution in [2.45, 2.75) is 44.4 Å². The van der Waals surface area contributed by atoms with E-state index in [1.807, 2.05) is 12.1 Å². The molecule has 2 aliphatic rings. The summed E-state index contributed by atoms with van der Waals surface area (Å²) in [7, 11) is 0. The summed E-state index contributed by atoms with van der Waals surface area (Å²) in [6.07, 6.45) is 6.31. The Bertz CT molecular complexity index is 1600. The van der Waals surface area contributed by atoms with E-state index in [0.717, 1.165) is 45.8 Å². The van der Waals surface area contributed by atoms with Gasteiger partial charge < -0.3 is 14.9 Å². The Balaban J connectivity index is 0.000000175. The van der Waals surface area contributed by atoms with Crippen LogP contribution in [-0.2, 0) is 19.2 Å². The number of pyridine rings is 2. The SMILES string of the molecule is CC(=O)C(=O)N1CCC(c2ccnc3ccc(F)cc23)CC1.O=C(O)C(=O)N1CCC(c2ccnc3ccc(F)cc23)CC1. The summed E-state index contributed by atoms with van der Waals surface area (Å²) in [6, 6.07) is 12.9. The van der Waals surface area contributed by atoms with Crippen molar-refractivity contribution in [1.29, 1.82) is 0 Å². The van der Waals surface area contributed by atoms with Gasteiger partial charge in [0.05, 0.1) is 11.0 Å². The second-order valence-electron chi connectivity index (χ2n) is 11.1. The van der Waals surface area contributed by atoms with Crippen LogP contribution in [0.2, 0.25) is 0 Å². The highest BCUT2D eigenvalue weighted by Gasteiger charge is 2.29. The molecular formula is C33H32F2N4O5. The van der Waals surface area contributed by atoms with Crippen molar-refractivity contribution in [3.63, 3.8) is 0 Å². The summed E-state index contributed by atoms with van der Waals surface area (Å²) < 4.78 is 27.0. The van der Waals surface area contributed by atoms with Gasteiger partial charge in [0.1, 0.15) is 11.6 Å². The number of carbonyl (C=O) groups is 4. The summed E-state index contributed by atoms with van der Waals surface area (Å²) in [5.74, 6) is -3.27. The highest BCUT2D eigenvalue weighted by Crippen LogP contribution is 2.34. The van der Waals surface area contributed by atoms with E-state index in [4.69, 9.17) is 5.11 Å². The van der Waals surface area contributed by atoms with E-state index in [1.54, 1.807) is 29.4 Å². The fraction of sp³-hybridized carbons (Fsp3) is 0.333. The number of Topliss-reactive ketones (excluding diaryl/α,β-unsaturated/α-hetero) is 1. The number of rotatable bonds is 3. The molecule has 1 N–H and O–H groups in total. The summed E-state index contributed by atoms with van der Waals surface area (Å²) in [5.41, 5.74) is 3.59. The van der Waals surface area contributed by atoms with Gasteiger partial charge in [0.25, 0.3) is 5.91 Å². The highest BCUT2D eigenvalue weighted by molar-refractivity contribution is 6.35. The predicted octanol–water partition coefficient (Wildman–Crippen LogP) is 4.83. The quantitative estimate of drug-likeness (QED) is 0.334. The van der Waals surface area contributed by atoms with Crippen LogP contribution in [0.1, 0.15) is 55.6 Å². The third kappa shape index (κ3) is 6.72. The van der Waals surface area contributed by atoms with Crippen molar-refractivity contribution in [1.82, 2.24) is 19.8 Å². The Morgan fingerprint density at radius 2 is 1.09 bits per heavy atom. The number of carboxylic acids is 1. The molecule has 9 nitrogen and oxygen atoms in total. The molecule has 228 valence electrons. The summed E-state index contributed by atoms with van der Waals surface area (Å²) in [4.78, 5) is 56.5. The second-order valence-corrected chi connectivity index (χ2v) is 11.1. The molecule has 6 rings (SSSR count). The Hall–Kier alpha value is -4.80. The molecule has 11 heteroatoms. The van der Waals surface area contributed by atoms with Crippen LogP contribution in [0.15, 0.2) is 60.9 Å². The number of hydrogen-bond acceptors (Lipinski definition) is 6. The second kappa shape index (κ2) is 13.2. The summed E-state index contributed by atoms with van der Waals surface area (Å²) in [5, 5.41) is 10.4. The number of nitrogens with zero attached hydrogens (tertiary/aromatic N) is 4. The van der Waals surface area contributed by atoms with Gasteiger partial charge in [-0.05, 0) is 97.2 Å². The standard InChI is InChI=1S/C17H17FN2O2.C16H15FN2O3/c1-11(21)17(22)20-8-5-12(6-9-20)14-4-7-19-16-3-2-13(18)10-15(14)16;17-11-1-2-14-13(9-11)12(3-6-18-14)10-4-7-19(8-5-10)15(20)16(21)22/h2-4,7,10,12H,5-6,8-9H2,1H3;1-3,6,9-10H,4-5,7-8H2,(H,21,22). The van der Waals surface area contributed by atoms with Gasteiger partial charge in [0.15, 0.2) is 0 Å². The average Bonchev–Trinajstić information content (AvgIpc) is 3.04. The van der Waals surface area contributed by atoms with Crippen molar-refractivity contribution in [3.8, 4) is 0 Å². The maximum atomic E-state index is 13.5. The number of ketones is 1. The van der Waals surface area contributed by atoms with Crippen LogP contribution in [0.5, 0.6) is 0 Å². The molecule has 2 aromatic carbocycles. The molecule has 0 spiro atoms. The molecule has 2 fully saturated rings. The maximum absolute atomic E-state index is 13.5. The van der Waals surface area contributed by atoms with Gasteiger partial charge in [-0.3, -0.25) is 24.4 Å². The van der Waals surface area contributed by atoms with E-state index in [0.29, 0.717) is 39.0 Å². The van der Waals surface area contributed by atoms with Gasteiger partial charge in [0, 0.05) is 56.3 Å². The van der Waals surface area contributed by atoms with Gasteiger partial charge in [0.2, 0.25) is 5.78 Å². The van der Waals surface area contributed by atoms with Gasteiger partial charge >= 0.3 is 11.9 Å². The third-order valence-electron chi connectivity index (χ3n) is 8.40. The molecule has 44 heavy (non-hydrogen) atoms. The molecule has 2 aromatic heterocycles. The number of halogens is 2. The number of hydrogen-bond donors (Lipinski definition) is 1. The topological polar surface area (TPSA) is 121 Å². The van der Waals surface area contributed by atoms with Crippen molar-refractivity contribution >= 4 is 45.4 Å². The smallest absolute Gasteiger partial charge is 0.394 e. The Morgan fingerprint density at radius 1 is 0.682 bits per heavy atom. The summed E-state index contributed by atoms with van der Waals surface area (Å²) in [6.45, 7) is 3.21. The van der Waals surface area contributed by atoms with Gasteiger partial charge in [-0.25, -0.2) is 13.6 Å². The normalized spacial score (nSPS) is 16.0. The number of benzene rings is 2. The van der Waals surface area contributed by atoms with Gasteiger partial charge in [-0.2, -0.15) is 0 Å². The van der Waals surface area contributed by atoms with E-state index in [9.17, 15) is 28.0 Å². The first-order valence-electron chi connectivity index (χ1n) is 14.5. The lowest BCUT2D eigenvalue weighted by Crippen LogP contribution is -2.41. The lowest BCUT2D eigenvalue weighted by molar-refractivity contribution is -0.156. The first kappa shape index (κ1) is 30.7. The lowest BCUT2D eigenvalue weighted by atomic mass is 9.87. The molecule has 0 bridgehead atoms. The minimum absolute atomic E-state index is 0.171. The average molecular weight is 603 g/mol. The molecule has 0 saturated carbocycles. The molecule has 2 saturated heterocycles. The molecule has 0 aliphatic carbocycles. The minimum atomic E-state index is -1.42. The number of amides is 2. The van der Waals surface area contributed by atoms with E-state index < -0.39 is 23.6 Å². The molecule has 4 aromatic rings. The van der Waals surface area contributed by atoms with Crippen molar-refractivity contribution in [2.75, 3.05) is 26.2 Å². The molecule has 0 atom stereocenters. The van der Waals surface area contributed by atoms with Crippen LogP contribution in [0, 0.1) is 11.6 Å². The van der Waals surface area contributed by atoms with Crippen molar-refractivity contribution in [2.24, 2.45) is 0 Å². The molecule has 2 aliphatic heterocycles. The number of aromatic nitrogens is 2. The Morgan fingerprint density at radius 3 is 1.48 bits per heavy atom. The first-order valence-corrected chi connectivity index (χ1v) is 14.5. The number of aliphatic carboxylic acids is 1. The van der Waals surface area contributed by atoms with Crippen LogP contribution in [0.25, 0.3) is 21.8 Å². The van der Waals surface area contributed by atoms with Crippen LogP contribution in [-0.4, -0.2) is 74.6 Å². The Kier molecular flexibility index (Phi) is 9.22. The molecule has 2 amide bonds. The fourth-order valence-electron chi connectivity index (χ4n) is 6.14. The zero-order chi connectivity index (χ0) is 31.4. The first-order chi connectivity index (χ1) is 21.1. The van der Waals surface area contributed by atoms with E-state index >= 15 is 0 Å². The number of carbonyl (C=O) groups excluding carboxylic acids is 3. The van der Waals surface area contributed by atoms with E-state index in [1.165, 1.54) is 36.1 Å². The largest absolute Gasteiger partial charge is 0.474 e. The van der Waals surface area contributed by atoms with E-state index in [-0.39, 0.29) is 23.5 Å². The maximum Gasteiger partial charge on any atom is 0.394 e. The van der Waals surface area contributed by atoms with Crippen LogP contribution >= 0.6 is 0 Å². The van der Waals surface area contributed by atoms with Crippen molar-refractivity contribution in [3.05, 3.63) is 83.7 Å². The van der Waals surface area contributed by atoms with Crippen LogP contribution in [0.4, 0.5) is 8.78 Å². The molecule has 4 heterocycles. The van der Waals surface area contributed by atoms with Gasteiger partial charge in [-0.1, -0.05) is 0 Å². The minimum Gasteiger partial charge on any atom is -0.474 e. The monoisotopic (exact) mass is 602 g/mol. The Labute approximate surface area is 252 Å². The number of fused-ring (bicyclic) bond motifs is 2. The zero-order valence-electron chi connectivity index (χ0n) is 24.2. The third-order valence-corrected chi connectivity index (χ3v) is 8.40. The van der Waals surface area contributed by atoms with Crippen LogP contribution < -0.4 is 0 Å². The number of likely N-dealkylation sites (tertiary alicyclic amines) is 2. The van der Waals surface area contributed by atoms with E-state index in [2.05, 4.69) is 9.97 Å². The number of piperidine rings is 2. The zero-order valence-corrected chi connectivity index (χ0v) is 24.2. The fourth-order valence-corrected chi connectivity index (χ4v) is 6.14. The summed E-state index contributed by atoms with van der Waals surface area (Å²) >= 11 is 0. The molecular weight excluding hydrogens is 570 g/mol.